The second kappa shape index (κ2) is 10.3. The van der Waals surface area contributed by atoms with Crippen LogP contribution in [0.3, 0.4) is 0 Å². The minimum absolute atomic E-state index is 0. The lowest BCUT2D eigenvalue weighted by Crippen LogP contribution is -2.45. The number of halogens is 2. The van der Waals surface area contributed by atoms with Gasteiger partial charge in [-0.05, 0) is 19.4 Å². The molecule has 0 saturated heterocycles. The molecule has 1 amide bonds. The Labute approximate surface area is 156 Å². The van der Waals surface area contributed by atoms with Gasteiger partial charge >= 0.3 is 0 Å². The molecule has 1 heterocycles. The number of likely N-dealkylation sites (N-methyl/N-ethyl adjacent to an activating group) is 1. The van der Waals surface area contributed by atoms with Crippen molar-refractivity contribution in [2.75, 3.05) is 7.05 Å². The molecule has 0 saturated carbocycles. The summed E-state index contributed by atoms with van der Waals surface area (Å²) in [5.74, 6) is -0.0485. The molecular weight excluding hydrogens is 347 g/mol. The quantitative estimate of drug-likeness (QED) is 0.846. The summed E-state index contributed by atoms with van der Waals surface area (Å²) in [5.41, 5.74) is 8.07. The Kier molecular flexibility index (Phi) is 9.66. The van der Waals surface area contributed by atoms with E-state index in [4.69, 9.17) is 5.73 Å². The molecule has 5 nitrogen and oxygen atoms in total. The van der Waals surface area contributed by atoms with Gasteiger partial charge in [0.2, 0.25) is 5.91 Å². The van der Waals surface area contributed by atoms with Gasteiger partial charge in [-0.15, -0.1) is 24.8 Å². The molecule has 0 spiro atoms. The second-order valence-electron chi connectivity index (χ2n) is 5.88. The molecule has 0 radical (unpaired) electrons. The summed E-state index contributed by atoms with van der Waals surface area (Å²) in [6.45, 7) is 4.71. The van der Waals surface area contributed by atoms with E-state index in [1.807, 2.05) is 42.8 Å². The summed E-state index contributed by atoms with van der Waals surface area (Å²) < 4.78 is 2.01. The zero-order valence-corrected chi connectivity index (χ0v) is 15.9. The number of nitrogens with zero attached hydrogens (tertiary/aromatic N) is 3. The molecule has 7 heteroatoms. The van der Waals surface area contributed by atoms with Crippen molar-refractivity contribution in [2.45, 2.75) is 38.9 Å². The third-order valence-electron chi connectivity index (χ3n) is 3.76. The molecule has 0 fully saturated rings. The van der Waals surface area contributed by atoms with E-state index in [0.29, 0.717) is 6.42 Å². The molecule has 2 aromatic rings. The monoisotopic (exact) mass is 372 g/mol. The number of carbonyl (C=O) groups excluding carboxylic acids is 1. The normalized spacial score (nSPS) is 11.4. The zero-order valence-electron chi connectivity index (χ0n) is 14.3. The smallest absolute Gasteiger partial charge is 0.239 e. The molecule has 134 valence electrons. The van der Waals surface area contributed by atoms with E-state index in [1.165, 1.54) is 5.56 Å². The maximum absolute atomic E-state index is 12.2. The Morgan fingerprint density at radius 2 is 1.88 bits per heavy atom. The maximum atomic E-state index is 12.2. The fraction of sp³-hybridized carbons (Fsp3) is 0.412. The standard InChI is InChI=1S/C17H24N4O.2ClH/c1-13(2)20(3)17(22)16(18)9-15-11-21(12-19-15)10-14-7-5-4-6-8-14;;/h4-8,11-13,16H,9-10,18H2,1-3H3;2*1H/t16-;;/m0../s1. The van der Waals surface area contributed by atoms with Crippen molar-refractivity contribution < 1.29 is 4.79 Å². The highest BCUT2D eigenvalue weighted by atomic mass is 35.5. The van der Waals surface area contributed by atoms with Crippen LogP contribution in [0.25, 0.3) is 0 Å². The molecule has 1 aromatic carbocycles. The summed E-state index contributed by atoms with van der Waals surface area (Å²) in [6, 6.07) is 9.78. The number of nitrogens with two attached hydrogens (primary N) is 1. The van der Waals surface area contributed by atoms with E-state index in [9.17, 15) is 4.79 Å². The molecule has 0 aliphatic carbocycles. The fourth-order valence-electron chi connectivity index (χ4n) is 2.22. The van der Waals surface area contributed by atoms with Gasteiger partial charge in [0.15, 0.2) is 0 Å². The highest BCUT2D eigenvalue weighted by Crippen LogP contribution is 2.07. The van der Waals surface area contributed by atoms with Crippen molar-refractivity contribution in [3.8, 4) is 0 Å². The Morgan fingerprint density at radius 1 is 1.25 bits per heavy atom. The molecule has 0 unspecified atom stereocenters. The third kappa shape index (κ3) is 6.15. The molecule has 24 heavy (non-hydrogen) atoms. The average Bonchev–Trinajstić information content (AvgIpc) is 2.93. The Morgan fingerprint density at radius 3 is 2.46 bits per heavy atom. The first-order chi connectivity index (χ1) is 10.5. The predicted octanol–water partition coefficient (Wildman–Crippen LogP) is 2.51. The summed E-state index contributed by atoms with van der Waals surface area (Å²) in [7, 11) is 1.78. The van der Waals surface area contributed by atoms with Crippen LogP contribution in [0, 0.1) is 0 Å². The molecular formula is C17H26Cl2N4O. The highest BCUT2D eigenvalue weighted by Gasteiger charge is 2.21. The van der Waals surface area contributed by atoms with E-state index in [2.05, 4.69) is 17.1 Å². The van der Waals surface area contributed by atoms with Gasteiger partial charge < -0.3 is 15.2 Å². The van der Waals surface area contributed by atoms with Crippen LogP contribution >= 0.6 is 24.8 Å². The van der Waals surface area contributed by atoms with Crippen LogP contribution in [-0.2, 0) is 17.8 Å². The van der Waals surface area contributed by atoms with E-state index in [1.54, 1.807) is 18.3 Å². The van der Waals surface area contributed by atoms with Crippen LogP contribution in [0.15, 0.2) is 42.9 Å². The van der Waals surface area contributed by atoms with Gasteiger partial charge in [-0.25, -0.2) is 4.98 Å². The van der Waals surface area contributed by atoms with Crippen LogP contribution < -0.4 is 5.73 Å². The molecule has 1 atom stereocenters. The molecule has 0 aliphatic heterocycles. The zero-order chi connectivity index (χ0) is 16.1. The lowest BCUT2D eigenvalue weighted by Gasteiger charge is -2.24. The lowest BCUT2D eigenvalue weighted by atomic mass is 10.1. The average molecular weight is 373 g/mol. The number of hydrogen-bond donors (Lipinski definition) is 1. The molecule has 0 aliphatic rings. The minimum atomic E-state index is -0.549. The topological polar surface area (TPSA) is 64.2 Å². The largest absolute Gasteiger partial charge is 0.342 e. The molecule has 2 N–H and O–H groups in total. The fourth-order valence-corrected chi connectivity index (χ4v) is 2.22. The van der Waals surface area contributed by atoms with Crippen molar-refractivity contribution in [2.24, 2.45) is 5.73 Å². The number of rotatable bonds is 6. The van der Waals surface area contributed by atoms with E-state index in [0.717, 1.165) is 12.2 Å². The first-order valence-electron chi connectivity index (χ1n) is 7.54. The Bertz CT molecular complexity index is 616. The van der Waals surface area contributed by atoms with Gasteiger partial charge in [0.05, 0.1) is 18.1 Å². The number of imidazole rings is 1. The number of carbonyl (C=O) groups is 1. The van der Waals surface area contributed by atoms with Gasteiger partial charge in [-0.3, -0.25) is 4.79 Å². The van der Waals surface area contributed by atoms with Crippen molar-refractivity contribution in [3.63, 3.8) is 0 Å². The van der Waals surface area contributed by atoms with Crippen molar-refractivity contribution >= 4 is 30.7 Å². The molecule has 2 rings (SSSR count). The summed E-state index contributed by atoms with van der Waals surface area (Å²) in [4.78, 5) is 18.2. The Balaban J connectivity index is 0.00000264. The third-order valence-corrected chi connectivity index (χ3v) is 3.76. The predicted molar refractivity (Wildman–Crippen MR) is 102 cm³/mol. The van der Waals surface area contributed by atoms with Crippen LogP contribution in [-0.4, -0.2) is 39.5 Å². The van der Waals surface area contributed by atoms with Gasteiger partial charge in [-0.1, -0.05) is 30.3 Å². The Hall–Kier alpha value is -1.56. The molecule has 0 bridgehead atoms. The van der Waals surface area contributed by atoms with Gasteiger partial charge in [-0.2, -0.15) is 0 Å². The summed E-state index contributed by atoms with van der Waals surface area (Å²) in [6.07, 6.45) is 4.19. The number of aromatic nitrogens is 2. The van der Waals surface area contributed by atoms with Gasteiger partial charge in [0.1, 0.15) is 0 Å². The SMILES string of the molecule is CC(C)N(C)C(=O)[C@@H](N)Cc1cn(Cc2ccccc2)cn1.Cl.Cl. The number of hydrogen-bond acceptors (Lipinski definition) is 3. The van der Waals surface area contributed by atoms with Crippen LogP contribution in [0.1, 0.15) is 25.1 Å². The second-order valence-corrected chi connectivity index (χ2v) is 5.88. The van der Waals surface area contributed by atoms with Crippen LogP contribution in [0.4, 0.5) is 0 Å². The van der Waals surface area contributed by atoms with Gasteiger partial charge in [0, 0.05) is 32.3 Å². The van der Waals surface area contributed by atoms with E-state index in [-0.39, 0.29) is 36.8 Å². The van der Waals surface area contributed by atoms with Crippen molar-refractivity contribution in [1.29, 1.82) is 0 Å². The van der Waals surface area contributed by atoms with Crippen LogP contribution in [0.5, 0.6) is 0 Å². The van der Waals surface area contributed by atoms with E-state index >= 15 is 0 Å². The minimum Gasteiger partial charge on any atom is -0.342 e. The summed E-state index contributed by atoms with van der Waals surface area (Å²) >= 11 is 0. The first-order valence-corrected chi connectivity index (χ1v) is 7.54. The lowest BCUT2D eigenvalue weighted by molar-refractivity contribution is -0.132. The van der Waals surface area contributed by atoms with Crippen molar-refractivity contribution in [1.82, 2.24) is 14.5 Å². The maximum Gasteiger partial charge on any atom is 0.239 e. The van der Waals surface area contributed by atoms with E-state index < -0.39 is 6.04 Å². The first kappa shape index (κ1) is 22.4. The number of amides is 1. The number of benzene rings is 1. The summed E-state index contributed by atoms with van der Waals surface area (Å²) in [5, 5.41) is 0. The molecule has 1 aromatic heterocycles. The van der Waals surface area contributed by atoms with Crippen molar-refractivity contribution in [3.05, 3.63) is 54.1 Å². The van der Waals surface area contributed by atoms with Crippen LogP contribution in [0.2, 0.25) is 0 Å². The van der Waals surface area contributed by atoms with Gasteiger partial charge in [0.25, 0.3) is 0 Å². The highest BCUT2D eigenvalue weighted by molar-refractivity contribution is 5.85.